The monoisotopic (exact) mass is 686 g/mol. The Morgan fingerprint density at radius 1 is 0.639 bits per heavy atom. The third kappa shape index (κ3) is 6.92. The summed E-state index contributed by atoms with van der Waals surface area (Å²) in [6.45, 7) is 4.47. The maximum absolute atomic E-state index is 6.83. The van der Waals surface area contributed by atoms with E-state index >= 15 is 0 Å². The van der Waals surface area contributed by atoms with Crippen molar-refractivity contribution in [2.45, 2.75) is 78.1 Å². The number of benzene rings is 2. The van der Waals surface area contributed by atoms with Gasteiger partial charge in [0.1, 0.15) is 9.21 Å². The highest BCUT2D eigenvalue weighted by molar-refractivity contribution is 9.10. The van der Waals surface area contributed by atoms with Crippen molar-refractivity contribution in [1.29, 1.82) is 0 Å². The van der Waals surface area contributed by atoms with Gasteiger partial charge in [-0.3, -0.25) is 0 Å². The van der Waals surface area contributed by atoms with Gasteiger partial charge in [-0.05, 0) is 92.6 Å². The van der Waals surface area contributed by atoms with Gasteiger partial charge in [-0.1, -0.05) is 75.6 Å². The lowest BCUT2D eigenvalue weighted by atomic mass is 10.0. The number of nitrogens with zero attached hydrogens (tertiary/aromatic N) is 2. The average molecular weight is 689 g/mol. The molecule has 0 atom stereocenters. The number of unbranched alkanes of at least 4 members (excludes halogenated alkanes) is 6. The summed E-state index contributed by atoms with van der Waals surface area (Å²) >= 11 is 24.4. The van der Waals surface area contributed by atoms with Crippen LogP contribution < -0.4 is 0 Å². The Morgan fingerprint density at radius 3 is 1.44 bits per heavy atom. The maximum atomic E-state index is 6.83. The molecule has 0 saturated heterocycles. The zero-order chi connectivity index (χ0) is 25.7. The molecule has 2 heterocycles. The molecule has 192 valence electrons. The van der Waals surface area contributed by atoms with Gasteiger partial charge in [0, 0.05) is 21.2 Å². The fourth-order valence-corrected chi connectivity index (χ4v) is 8.56. The first kappa shape index (κ1) is 28.5. The zero-order valence-electron chi connectivity index (χ0n) is 20.6. The molecule has 0 unspecified atom stereocenters. The molecule has 0 fully saturated rings. The molecule has 0 N–H and O–H groups in total. The largest absolute Gasteiger partial charge is 0.234 e. The van der Waals surface area contributed by atoms with Crippen molar-refractivity contribution in [2.24, 2.45) is 0 Å². The molecule has 0 bridgehead atoms. The van der Waals surface area contributed by atoms with Gasteiger partial charge in [0.05, 0.1) is 19.8 Å². The van der Waals surface area contributed by atoms with Crippen LogP contribution >= 0.6 is 77.7 Å². The molecule has 4 rings (SSSR count). The molecule has 2 aromatic heterocycles. The van der Waals surface area contributed by atoms with E-state index in [2.05, 4.69) is 57.8 Å². The second kappa shape index (κ2) is 13.5. The Kier molecular flexibility index (Phi) is 10.7. The molecule has 4 aromatic rings. The fourth-order valence-electron chi connectivity index (χ4n) is 4.28. The third-order valence-corrected chi connectivity index (χ3v) is 10.8. The molecule has 0 radical (unpaired) electrons. The summed E-state index contributed by atoms with van der Waals surface area (Å²) in [7, 11) is 0. The minimum Gasteiger partial charge on any atom is -0.234 e. The Bertz CT molecular complexity index is 1230. The summed E-state index contributed by atoms with van der Waals surface area (Å²) in [6, 6.07) is 8.35. The molecule has 0 saturated carbocycles. The molecular weight excluding hydrogens is 659 g/mol. The Balaban J connectivity index is 1.61. The van der Waals surface area contributed by atoms with Crippen LogP contribution in [0.1, 0.15) is 75.2 Å². The molecule has 0 aliphatic heterocycles. The Labute approximate surface area is 249 Å². The third-order valence-electron chi connectivity index (χ3n) is 6.25. The Hall–Kier alpha value is -0.500. The number of fused-ring (bicyclic) bond motifs is 1. The summed E-state index contributed by atoms with van der Waals surface area (Å²) in [6.07, 6.45) is 11.9. The predicted molar refractivity (Wildman–Crippen MR) is 167 cm³/mol. The maximum Gasteiger partial charge on any atom is 0.125 e. The topological polar surface area (TPSA) is 25.8 Å². The summed E-state index contributed by atoms with van der Waals surface area (Å²) in [5.41, 5.74) is 1.98. The molecule has 2 nitrogen and oxygen atoms in total. The SMILES string of the molecule is CCCCCCc1nc(Br)c(-c2cc3cc(Cl)c(-c4sc(CCCCCC)nc4Br)cc3cc2Cl)s1. The van der Waals surface area contributed by atoms with E-state index in [-0.39, 0.29) is 0 Å². The van der Waals surface area contributed by atoms with Crippen molar-refractivity contribution < 1.29 is 0 Å². The van der Waals surface area contributed by atoms with E-state index < -0.39 is 0 Å². The highest BCUT2D eigenvalue weighted by Crippen LogP contribution is 2.44. The number of aryl methyl sites for hydroxylation is 2. The van der Waals surface area contributed by atoms with Crippen LogP contribution in [0.15, 0.2) is 33.5 Å². The van der Waals surface area contributed by atoms with Crippen LogP contribution in [-0.2, 0) is 12.8 Å². The van der Waals surface area contributed by atoms with Crippen molar-refractivity contribution in [1.82, 2.24) is 9.97 Å². The highest BCUT2D eigenvalue weighted by Gasteiger charge is 2.18. The van der Waals surface area contributed by atoms with E-state index in [0.29, 0.717) is 0 Å². The number of rotatable bonds is 12. The lowest BCUT2D eigenvalue weighted by Gasteiger charge is -2.09. The first-order chi connectivity index (χ1) is 17.4. The van der Waals surface area contributed by atoms with Crippen molar-refractivity contribution in [3.8, 4) is 20.9 Å². The highest BCUT2D eigenvalue weighted by atomic mass is 79.9. The van der Waals surface area contributed by atoms with Crippen LogP contribution in [0.3, 0.4) is 0 Å². The molecule has 2 aromatic carbocycles. The number of thiazole rings is 2. The minimum atomic E-state index is 0.720. The van der Waals surface area contributed by atoms with E-state index in [4.69, 9.17) is 33.2 Å². The molecular formula is C28H30Br2Cl2N2S2. The molecule has 0 spiro atoms. The molecule has 0 aliphatic rings. The van der Waals surface area contributed by atoms with E-state index in [0.717, 1.165) is 73.8 Å². The number of hydrogen-bond donors (Lipinski definition) is 0. The first-order valence-corrected chi connectivity index (χ1v) is 16.6. The molecule has 0 aliphatic carbocycles. The normalized spacial score (nSPS) is 11.6. The number of hydrogen-bond acceptors (Lipinski definition) is 4. The van der Waals surface area contributed by atoms with Crippen molar-refractivity contribution in [2.75, 3.05) is 0 Å². The zero-order valence-corrected chi connectivity index (χ0v) is 26.9. The van der Waals surface area contributed by atoms with Gasteiger partial charge >= 0.3 is 0 Å². The standard InChI is InChI=1S/C28H30Br2Cl2N2S2/c1-3-5-7-9-11-23-33-27(29)25(35-23)19-13-17-16-22(32)20(14-18(17)15-21(19)31)26-28(30)34-24(36-26)12-10-8-6-4-2/h13-16H,3-12H2,1-2H3. The van der Waals surface area contributed by atoms with Gasteiger partial charge in [0.15, 0.2) is 0 Å². The van der Waals surface area contributed by atoms with Crippen LogP contribution in [0.4, 0.5) is 0 Å². The molecule has 0 amide bonds. The lowest BCUT2D eigenvalue weighted by molar-refractivity contribution is 0.665. The smallest absolute Gasteiger partial charge is 0.125 e. The summed E-state index contributed by atoms with van der Waals surface area (Å²) in [4.78, 5) is 11.7. The van der Waals surface area contributed by atoms with Gasteiger partial charge in [0.2, 0.25) is 0 Å². The van der Waals surface area contributed by atoms with Gasteiger partial charge in [-0.25, -0.2) is 9.97 Å². The van der Waals surface area contributed by atoms with E-state index in [1.54, 1.807) is 22.7 Å². The molecule has 8 heteroatoms. The second-order valence-corrected chi connectivity index (χ2v) is 13.6. The average Bonchev–Trinajstić information content (AvgIpc) is 3.40. The van der Waals surface area contributed by atoms with Crippen molar-refractivity contribution in [3.63, 3.8) is 0 Å². The summed E-state index contributed by atoms with van der Waals surface area (Å²) in [5.74, 6) is 0. The van der Waals surface area contributed by atoms with Gasteiger partial charge in [-0.15, -0.1) is 22.7 Å². The summed E-state index contributed by atoms with van der Waals surface area (Å²) < 4.78 is 1.73. The van der Waals surface area contributed by atoms with E-state index in [1.165, 1.54) is 51.4 Å². The number of halogens is 4. The van der Waals surface area contributed by atoms with Crippen LogP contribution in [0.5, 0.6) is 0 Å². The quantitative estimate of drug-likeness (QED) is 0.138. The van der Waals surface area contributed by atoms with Crippen LogP contribution in [0.2, 0.25) is 10.0 Å². The predicted octanol–water partition coefficient (Wildman–Crippen LogP) is 12.2. The fraction of sp³-hybridized carbons (Fsp3) is 0.429. The van der Waals surface area contributed by atoms with Crippen LogP contribution in [0.25, 0.3) is 31.7 Å². The lowest BCUT2D eigenvalue weighted by Crippen LogP contribution is -1.84. The van der Waals surface area contributed by atoms with E-state index in [1.807, 2.05) is 12.1 Å². The molecule has 36 heavy (non-hydrogen) atoms. The van der Waals surface area contributed by atoms with Gasteiger partial charge in [0.25, 0.3) is 0 Å². The van der Waals surface area contributed by atoms with Crippen molar-refractivity contribution in [3.05, 3.63) is 53.5 Å². The summed E-state index contributed by atoms with van der Waals surface area (Å²) in [5, 5.41) is 5.87. The van der Waals surface area contributed by atoms with Gasteiger partial charge in [-0.2, -0.15) is 0 Å². The minimum absolute atomic E-state index is 0.720. The second-order valence-electron chi connectivity index (χ2n) is 9.09. The van der Waals surface area contributed by atoms with Crippen LogP contribution in [-0.4, -0.2) is 9.97 Å². The van der Waals surface area contributed by atoms with Gasteiger partial charge < -0.3 is 0 Å². The van der Waals surface area contributed by atoms with Crippen LogP contribution in [0, 0.1) is 0 Å². The Morgan fingerprint density at radius 2 is 1.06 bits per heavy atom. The number of aromatic nitrogens is 2. The van der Waals surface area contributed by atoms with E-state index in [9.17, 15) is 0 Å². The van der Waals surface area contributed by atoms with Crippen molar-refractivity contribution >= 4 is 88.5 Å². The first-order valence-electron chi connectivity index (χ1n) is 12.6.